The summed E-state index contributed by atoms with van der Waals surface area (Å²) in [5.74, 6) is -0.860. The molecular weight excluding hydrogens is 184 g/mol. The second-order valence-electron chi connectivity index (χ2n) is 4.68. The highest BCUT2D eigenvalue weighted by Crippen LogP contribution is 2.27. The highest BCUT2D eigenvalue weighted by atomic mass is 16.4. The summed E-state index contributed by atoms with van der Waals surface area (Å²) in [5, 5.41) is 11.4. The summed E-state index contributed by atoms with van der Waals surface area (Å²) in [4.78, 5) is 21.1. The van der Waals surface area contributed by atoms with Gasteiger partial charge < -0.3 is 14.9 Å². The number of nitrogens with one attached hydrogen (secondary N) is 1. The van der Waals surface area contributed by atoms with Gasteiger partial charge in [-0.2, -0.15) is 0 Å². The summed E-state index contributed by atoms with van der Waals surface area (Å²) in [6.07, 6.45) is 1.34. The number of carboxylic acids is 1. The number of amides is 1. The summed E-state index contributed by atoms with van der Waals surface area (Å²) in [7, 11) is 4.08. The van der Waals surface area contributed by atoms with E-state index in [0.717, 1.165) is 17.4 Å². The molecule has 1 rings (SSSR count). The zero-order valence-corrected chi connectivity index (χ0v) is 8.62. The van der Waals surface area contributed by atoms with Crippen LogP contribution in [0.4, 0.5) is 0 Å². The van der Waals surface area contributed by atoms with Gasteiger partial charge in [-0.15, -0.1) is 0 Å². The molecule has 0 aromatic rings. The first-order valence-corrected chi connectivity index (χ1v) is 4.64. The Morgan fingerprint density at radius 3 is 2.64 bits per heavy atom. The summed E-state index contributed by atoms with van der Waals surface area (Å²) in [5.41, 5.74) is -0.545. The van der Waals surface area contributed by atoms with E-state index in [1.807, 2.05) is 14.1 Å². The van der Waals surface area contributed by atoms with Gasteiger partial charge in [-0.05, 0) is 0 Å². The fourth-order valence-corrected chi connectivity index (χ4v) is 2.22. The number of carbonyl (C=O) groups is 2. The minimum Gasteiger partial charge on any atom is -0.481 e. The lowest BCUT2D eigenvalue weighted by Gasteiger charge is -2.28. The van der Waals surface area contributed by atoms with Crippen LogP contribution in [0.3, 0.4) is 0 Å². The molecule has 1 saturated heterocycles. The van der Waals surface area contributed by atoms with Gasteiger partial charge in [-0.1, -0.05) is 0 Å². The maximum atomic E-state index is 10.7. The molecule has 1 unspecified atom stereocenters. The molecule has 1 atom stereocenters. The second kappa shape index (κ2) is 3.57. The zero-order valence-electron chi connectivity index (χ0n) is 8.62. The highest BCUT2D eigenvalue weighted by molar-refractivity contribution is 5.69. The van der Waals surface area contributed by atoms with Crippen LogP contribution in [0.2, 0.25) is 0 Å². The number of carboxylic acid groups (broad SMARTS) is 1. The number of hydrogen-bond acceptors (Lipinski definition) is 2. The Labute approximate surface area is 83.3 Å². The summed E-state index contributed by atoms with van der Waals surface area (Å²) in [6.45, 7) is 1.58. The SMILES string of the molecule is C[N+]1(C)CCC(CC(=O)O)(NC=O)C1. The third kappa shape index (κ3) is 2.45. The summed E-state index contributed by atoms with van der Waals surface area (Å²) in [6, 6.07) is 0. The lowest BCUT2D eigenvalue weighted by atomic mass is 9.94. The van der Waals surface area contributed by atoms with Crippen LogP contribution in [-0.4, -0.2) is 54.7 Å². The molecule has 0 aliphatic carbocycles. The van der Waals surface area contributed by atoms with E-state index in [9.17, 15) is 9.59 Å². The predicted octanol–water partition coefficient (Wildman–Crippen LogP) is -0.574. The summed E-state index contributed by atoms with van der Waals surface area (Å²) < 4.78 is 0.758. The number of likely N-dealkylation sites (N-methyl/N-ethyl adjacent to an activating group) is 1. The zero-order chi connectivity index (χ0) is 10.8. The van der Waals surface area contributed by atoms with E-state index in [4.69, 9.17) is 5.11 Å². The number of aliphatic carboxylic acids is 1. The highest BCUT2D eigenvalue weighted by Gasteiger charge is 2.45. The third-order valence-corrected chi connectivity index (χ3v) is 2.78. The Balaban J connectivity index is 2.74. The molecule has 0 saturated carbocycles. The molecule has 14 heavy (non-hydrogen) atoms. The van der Waals surface area contributed by atoms with Gasteiger partial charge in [0.1, 0.15) is 12.1 Å². The standard InChI is InChI=1S/C9H16N2O3/c1-11(2)4-3-9(6-11,10-7-12)5-8(13)14/h7H,3-6H2,1-2H3,(H-,10,12,13,14)/p+1. The molecule has 80 valence electrons. The van der Waals surface area contributed by atoms with Crippen LogP contribution < -0.4 is 5.32 Å². The van der Waals surface area contributed by atoms with Crippen molar-refractivity contribution in [3.05, 3.63) is 0 Å². The first-order valence-electron chi connectivity index (χ1n) is 4.64. The van der Waals surface area contributed by atoms with Crippen molar-refractivity contribution in [2.75, 3.05) is 27.2 Å². The normalized spacial score (nSPS) is 29.9. The van der Waals surface area contributed by atoms with Crippen molar-refractivity contribution >= 4 is 12.4 Å². The molecule has 2 N–H and O–H groups in total. The Morgan fingerprint density at radius 1 is 1.64 bits per heavy atom. The van der Waals surface area contributed by atoms with Crippen molar-refractivity contribution < 1.29 is 19.2 Å². The molecule has 0 radical (unpaired) electrons. The van der Waals surface area contributed by atoms with Gasteiger partial charge in [-0.25, -0.2) is 0 Å². The van der Waals surface area contributed by atoms with Crippen molar-refractivity contribution in [3.8, 4) is 0 Å². The van der Waals surface area contributed by atoms with Gasteiger partial charge in [0.05, 0.1) is 27.1 Å². The van der Waals surface area contributed by atoms with E-state index in [1.54, 1.807) is 0 Å². The lowest BCUT2D eigenvalue weighted by molar-refractivity contribution is -0.879. The molecule has 1 fully saturated rings. The smallest absolute Gasteiger partial charge is 0.305 e. The molecule has 0 spiro atoms. The minimum atomic E-state index is -0.860. The number of carbonyl (C=O) groups excluding carboxylic acids is 1. The van der Waals surface area contributed by atoms with Crippen molar-refractivity contribution in [3.63, 3.8) is 0 Å². The molecule has 1 aliphatic rings. The number of rotatable bonds is 4. The van der Waals surface area contributed by atoms with Gasteiger partial charge in [0, 0.05) is 6.42 Å². The van der Waals surface area contributed by atoms with Crippen LogP contribution in [0.1, 0.15) is 12.8 Å². The third-order valence-electron chi connectivity index (χ3n) is 2.78. The Bertz CT molecular complexity index is 252. The Kier molecular flexibility index (Phi) is 2.80. The van der Waals surface area contributed by atoms with Gasteiger partial charge in [0.2, 0.25) is 6.41 Å². The van der Waals surface area contributed by atoms with Crippen LogP contribution in [0.25, 0.3) is 0 Å². The molecular formula is C9H17N2O3+. The minimum absolute atomic E-state index is 0.00736. The maximum Gasteiger partial charge on any atom is 0.305 e. The number of likely N-dealkylation sites (tertiary alicyclic amines) is 1. The quantitative estimate of drug-likeness (QED) is 0.472. The largest absolute Gasteiger partial charge is 0.481 e. The average molecular weight is 201 g/mol. The molecule has 0 aromatic heterocycles. The van der Waals surface area contributed by atoms with Crippen molar-refractivity contribution in [1.82, 2.24) is 5.32 Å². The van der Waals surface area contributed by atoms with Crippen molar-refractivity contribution in [1.29, 1.82) is 0 Å². The van der Waals surface area contributed by atoms with Crippen LogP contribution >= 0.6 is 0 Å². The molecule has 5 nitrogen and oxygen atoms in total. The summed E-state index contributed by atoms with van der Waals surface area (Å²) >= 11 is 0. The van der Waals surface area contributed by atoms with E-state index in [2.05, 4.69) is 5.32 Å². The maximum absolute atomic E-state index is 10.7. The van der Waals surface area contributed by atoms with Crippen LogP contribution in [-0.2, 0) is 9.59 Å². The Hall–Kier alpha value is -1.10. The van der Waals surface area contributed by atoms with E-state index in [-0.39, 0.29) is 6.42 Å². The first-order chi connectivity index (χ1) is 6.39. The van der Waals surface area contributed by atoms with Crippen LogP contribution in [0.5, 0.6) is 0 Å². The number of nitrogens with zero attached hydrogens (tertiary/aromatic N) is 1. The molecule has 1 aliphatic heterocycles. The molecule has 1 heterocycles. The molecule has 0 bridgehead atoms. The average Bonchev–Trinajstić information content (AvgIpc) is 2.26. The van der Waals surface area contributed by atoms with Crippen LogP contribution in [0.15, 0.2) is 0 Å². The molecule has 0 aromatic carbocycles. The topological polar surface area (TPSA) is 66.4 Å². The van der Waals surface area contributed by atoms with E-state index in [0.29, 0.717) is 13.0 Å². The number of hydrogen-bond donors (Lipinski definition) is 2. The van der Waals surface area contributed by atoms with E-state index >= 15 is 0 Å². The van der Waals surface area contributed by atoms with Gasteiger partial charge in [0.15, 0.2) is 0 Å². The van der Waals surface area contributed by atoms with Gasteiger partial charge in [0.25, 0.3) is 0 Å². The van der Waals surface area contributed by atoms with Gasteiger partial charge >= 0.3 is 5.97 Å². The fraction of sp³-hybridized carbons (Fsp3) is 0.778. The van der Waals surface area contributed by atoms with Gasteiger partial charge in [-0.3, -0.25) is 9.59 Å². The first kappa shape index (κ1) is 11.0. The molecule has 5 heteroatoms. The van der Waals surface area contributed by atoms with E-state index < -0.39 is 11.5 Å². The van der Waals surface area contributed by atoms with Crippen molar-refractivity contribution in [2.45, 2.75) is 18.4 Å². The lowest BCUT2D eigenvalue weighted by Crippen LogP contribution is -2.51. The Morgan fingerprint density at radius 2 is 2.29 bits per heavy atom. The monoisotopic (exact) mass is 201 g/mol. The second-order valence-corrected chi connectivity index (χ2v) is 4.68. The van der Waals surface area contributed by atoms with E-state index in [1.165, 1.54) is 0 Å². The van der Waals surface area contributed by atoms with Crippen LogP contribution in [0, 0.1) is 0 Å². The number of quaternary nitrogens is 1. The fourth-order valence-electron chi connectivity index (χ4n) is 2.22. The molecule has 1 amide bonds. The van der Waals surface area contributed by atoms with Crippen molar-refractivity contribution in [2.24, 2.45) is 0 Å². The predicted molar refractivity (Wildman–Crippen MR) is 50.6 cm³/mol.